The number of nitrogen functional groups attached to an aromatic ring is 2. The first-order chi connectivity index (χ1) is 8.58. The van der Waals surface area contributed by atoms with Gasteiger partial charge in [-0.25, -0.2) is 0 Å². The zero-order valence-electron chi connectivity index (χ0n) is 9.76. The Bertz CT molecular complexity index is 577. The molecule has 0 spiro atoms. The molecular weight excluding hydrogens is 228 g/mol. The van der Waals surface area contributed by atoms with Crippen molar-refractivity contribution in [1.29, 1.82) is 0 Å². The number of hydrogen-bond acceptors (Lipinski definition) is 3. The number of anilines is 2. The standard InChI is InChI=1S/C14H14N2O2/c15-11-6-4-9(5-7-11)12-3-1-2-10(14(12)16)8-13(17)18/h1-7H,8,15-16H2,(H,17,18). The van der Waals surface area contributed by atoms with Gasteiger partial charge in [-0.1, -0.05) is 30.3 Å². The average molecular weight is 242 g/mol. The van der Waals surface area contributed by atoms with E-state index in [-0.39, 0.29) is 6.42 Å². The molecule has 0 unspecified atom stereocenters. The summed E-state index contributed by atoms with van der Waals surface area (Å²) in [5.41, 5.74) is 15.2. The number of nitrogens with two attached hydrogens (primary N) is 2. The predicted octanol–water partition coefficient (Wildman–Crippen LogP) is 2.15. The normalized spacial score (nSPS) is 10.2. The van der Waals surface area contributed by atoms with Crippen LogP contribution in [0.25, 0.3) is 11.1 Å². The molecule has 0 aliphatic heterocycles. The van der Waals surface area contributed by atoms with Crippen molar-refractivity contribution in [2.75, 3.05) is 11.5 Å². The van der Waals surface area contributed by atoms with Crippen molar-refractivity contribution >= 4 is 17.3 Å². The lowest BCUT2D eigenvalue weighted by Gasteiger charge is -2.10. The monoisotopic (exact) mass is 242 g/mol. The Balaban J connectivity index is 2.45. The maximum atomic E-state index is 10.7. The molecule has 0 aliphatic rings. The Morgan fingerprint density at radius 1 is 1.06 bits per heavy atom. The molecule has 0 atom stereocenters. The van der Waals surface area contributed by atoms with Crippen LogP contribution in [0.1, 0.15) is 5.56 Å². The molecule has 92 valence electrons. The van der Waals surface area contributed by atoms with E-state index in [1.165, 1.54) is 0 Å². The lowest BCUT2D eigenvalue weighted by molar-refractivity contribution is -0.136. The smallest absolute Gasteiger partial charge is 0.307 e. The Morgan fingerprint density at radius 2 is 1.72 bits per heavy atom. The van der Waals surface area contributed by atoms with Crippen LogP contribution in [-0.2, 0) is 11.2 Å². The minimum Gasteiger partial charge on any atom is -0.481 e. The average Bonchev–Trinajstić information content (AvgIpc) is 2.33. The van der Waals surface area contributed by atoms with E-state index in [0.717, 1.165) is 11.1 Å². The van der Waals surface area contributed by atoms with Crippen molar-refractivity contribution in [2.45, 2.75) is 6.42 Å². The molecule has 18 heavy (non-hydrogen) atoms. The second kappa shape index (κ2) is 4.79. The van der Waals surface area contributed by atoms with E-state index in [1.54, 1.807) is 24.3 Å². The Hall–Kier alpha value is -2.49. The van der Waals surface area contributed by atoms with Gasteiger partial charge in [-0.15, -0.1) is 0 Å². The SMILES string of the molecule is Nc1ccc(-c2cccc(CC(=O)O)c2N)cc1. The maximum Gasteiger partial charge on any atom is 0.307 e. The van der Waals surface area contributed by atoms with Crippen LogP contribution in [0.2, 0.25) is 0 Å². The number of para-hydroxylation sites is 1. The predicted molar refractivity (Wildman–Crippen MR) is 72.0 cm³/mol. The lowest BCUT2D eigenvalue weighted by atomic mass is 9.99. The van der Waals surface area contributed by atoms with Gasteiger partial charge in [-0.3, -0.25) is 4.79 Å². The fourth-order valence-electron chi connectivity index (χ4n) is 1.84. The Morgan fingerprint density at radius 3 is 2.33 bits per heavy atom. The fraction of sp³-hybridized carbons (Fsp3) is 0.0714. The molecule has 5 N–H and O–H groups in total. The molecule has 0 saturated carbocycles. The number of rotatable bonds is 3. The quantitative estimate of drug-likeness (QED) is 0.719. The van der Waals surface area contributed by atoms with Crippen molar-refractivity contribution in [2.24, 2.45) is 0 Å². The van der Waals surface area contributed by atoms with E-state index in [9.17, 15) is 4.79 Å². The van der Waals surface area contributed by atoms with Crippen molar-refractivity contribution < 1.29 is 9.90 Å². The molecule has 0 heterocycles. The molecule has 4 heteroatoms. The van der Waals surface area contributed by atoms with Gasteiger partial charge in [0.25, 0.3) is 0 Å². The van der Waals surface area contributed by atoms with Gasteiger partial charge in [-0.05, 0) is 23.3 Å². The van der Waals surface area contributed by atoms with Gasteiger partial charge in [0.2, 0.25) is 0 Å². The van der Waals surface area contributed by atoms with E-state index in [2.05, 4.69) is 0 Å². The molecule has 0 radical (unpaired) electrons. The number of benzene rings is 2. The Labute approximate surface area is 105 Å². The first-order valence-corrected chi connectivity index (χ1v) is 5.53. The highest BCUT2D eigenvalue weighted by Crippen LogP contribution is 2.29. The molecule has 2 aromatic carbocycles. The molecule has 2 rings (SSSR count). The number of carboxylic acid groups (broad SMARTS) is 1. The van der Waals surface area contributed by atoms with Crippen molar-refractivity contribution in [3.8, 4) is 11.1 Å². The third-order valence-electron chi connectivity index (χ3n) is 2.76. The van der Waals surface area contributed by atoms with Gasteiger partial charge in [-0.2, -0.15) is 0 Å². The van der Waals surface area contributed by atoms with Crippen LogP contribution < -0.4 is 11.5 Å². The van der Waals surface area contributed by atoms with Gasteiger partial charge in [0.05, 0.1) is 6.42 Å². The van der Waals surface area contributed by atoms with Crippen LogP contribution in [0.15, 0.2) is 42.5 Å². The van der Waals surface area contributed by atoms with E-state index < -0.39 is 5.97 Å². The van der Waals surface area contributed by atoms with Crippen LogP contribution in [0.3, 0.4) is 0 Å². The van der Waals surface area contributed by atoms with Gasteiger partial charge in [0.1, 0.15) is 0 Å². The number of carboxylic acids is 1. The molecule has 0 amide bonds. The summed E-state index contributed by atoms with van der Waals surface area (Å²) in [7, 11) is 0. The summed E-state index contributed by atoms with van der Waals surface area (Å²) in [6.45, 7) is 0. The Kier molecular flexibility index (Phi) is 3.19. The highest BCUT2D eigenvalue weighted by Gasteiger charge is 2.09. The number of hydrogen-bond donors (Lipinski definition) is 3. The second-order valence-corrected chi connectivity index (χ2v) is 4.07. The summed E-state index contributed by atoms with van der Waals surface area (Å²) >= 11 is 0. The molecule has 0 bridgehead atoms. The third-order valence-corrected chi connectivity index (χ3v) is 2.76. The molecule has 2 aromatic rings. The fourth-order valence-corrected chi connectivity index (χ4v) is 1.84. The summed E-state index contributed by atoms with van der Waals surface area (Å²) in [4.78, 5) is 10.7. The van der Waals surface area contributed by atoms with Gasteiger partial charge in [0, 0.05) is 16.9 Å². The third kappa shape index (κ3) is 2.43. The summed E-state index contributed by atoms with van der Waals surface area (Å²) < 4.78 is 0. The maximum absolute atomic E-state index is 10.7. The molecular formula is C14H14N2O2. The zero-order chi connectivity index (χ0) is 13.1. The van der Waals surface area contributed by atoms with Crippen LogP contribution in [0.5, 0.6) is 0 Å². The minimum absolute atomic E-state index is 0.0748. The van der Waals surface area contributed by atoms with E-state index in [1.807, 2.05) is 18.2 Å². The van der Waals surface area contributed by atoms with Gasteiger partial charge in [0.15, 0.2) is 0 Å². The molecule has 0 saturated heterocycles. The summed E-state index contributed by atoms with van der Waals surface area (Å²) in [5.74, 6) is -0.892. The van der Waals surface area contributed by atoms with Crippen LogP contribution in [0.4, 0.5) is 11.4 Å². The molecule has 4 nitrogen and oxygen atoms in total. The molecule has 0 aliphatic carbocycles. The first kappa shape index (κ1) is 12.0. The van der Waals surface area contributed by atoms with Crippen LogP contribution in [0, 0.1) is 0 Å². The second-order valence-electron chi connectivity index (χ2n) is 4.07. The van der Waals surface area contributed by atoms with Crippen molar-refractivity contribution in [3.63, 3.8) is 0 Å². The van der Waals surface area contributed by atoms with E-state index >= 15 is 0 Å². The van der Waals surface area contributed by atoms with Gasteiger partial charge >= 0.3 is 5.97 Å². The molecule has 0 aromatic heterocycles. The van der Waals surface area contributed by atoms with Crippen molar-refractivity contribution in [1.82, 2.24) is 0 Å². The zero-order valence-corrected chi connectivity index (χ0v) is 9.76. The number of aliphatic carboxylic acids is 1. The largest absolute Gasteiger partial charge is 0.481 e. The highest BCUT2D eigenvalue weighted by molar-refractivity contribution is 5.82. The summed E-state index contributed by atoms with van der Waals surface area (Å²) in [5, 5.41) is 8.82. The van der Waals surface area contributed by atoms with Crippen LogP contribution in [-0.4, -0.2) is 11.1 Å². The van der Waals surface area contributed by atoms with Gasteiger partial charge < -0.3 is 16.6 Å². The topological polar surface area (TPSA) is 89.3 Å². The lowest BCUT2D eigenvalue weighted by Crippen LogP contribution is -2.04. The minimum atomic E-state index is -0.892. The highest BCUT2D eigenvalue weighted by atomic mass is 16.4. The first-order valence-electron chi connectivity index (χ1n) is 5.53. The van der Waals surface area contributed by atoms with E-state index in [4.69, 9.17) is 16.6 Å². The summed E-state index contributed by atoms with van der Waals surface area (Å²) in [6, 6.07) is 12.7. The summed E-state index contributed by atoms with van der Waals surface area (Å²) in [6.07, 6.45) is -0.0748. The van der Waals surface area contributed by atoms with Crippen molar-refractivity contribution in [3.05, 3.63) is 48.0 Å². The molecule has 0 fully saturated rings. The van der Waals surface area contributed by atoms with E-state index in [0.29, 0.717) is 16.9 Å². The number of carbonyl (C=O) groups is 1. The van der Waals surface area contributed by atoms with Crippen LogP contribution >= 0.6 is 0 Å².